The summed E-state index contributed by atoms with van der Waals surface area (Å²) in [7, 11) is 0. The van der Waals surface area contributed by atoms with E-state index in [1.165, 1.54) is 6.07 Å². The first-order valence-electron chi connectivity index (χ1n) is 3.83. The third-order valence-corrected chi connectivity index (χ3v) is 1.62. The SMILES string of the molecule is [C-]#[N+]c1cc(F)c(N)c(NCC#C)c1. The number of nitrogens with zero attached hydrogens (tertiary/aromatic N) is 1. The highest BCUT2D eigenvalue weighted by atomic mass is 19.1. The number of hydrogen-bond acceptors (Lipinski definition) is 2. The molecule has 4 heteroatoms. The second kappa shape index (κ2) is 4.15. The Hall–Kier alpha value is -2.20. The summed E-state index contributed by atoms with van der Waals surface area (Å²) < 4.78 is 13.1. The number of nitrogens with two attached hydrogens (primary N) is 1. The van der Waals surface area contributed by atoms with E-state index in [1.54, 1.807) is 0 Å². The predicted octanol–water partition coefficient (Wildman–Crippen LogP) is 2.00. The molecular formula is C10H8FN3. The van der Waals surface area contributed by atoms with Gasteiger partial charge in [-0.1, -0.05) is 5.92 Å². The van der Waals surface area contributed by atoms with E-state index in [0.717, 1.165) is 6.07 Å². The first-order chi connectivity index (χ1) is 6.69. The molecule has 0 amide bonds. The van der Waals surface area contributed by atoms with E-state index in [4.69, 9.17) is 18.7 Å². The van der Waals surface area contributed by atoms with E-state index in [9.17, 15) is 4.39 Å². The molecule has 0 fully saturated rings. The van der Waals surface area contributed by atoms with Crippen molar-refractivity contribution in [3.8, 4) is 12.3 Å². The number of terminal acetylenes is 1. The van der Waals surface area contributed by atoms with Crippen molar-refractivity contribution in [1.82, 2.24) is 0 Å². The molecule has 0 aromatic heterocycles. The number of halogens is 1. The monoisotopic (exact) mass is 189 g/mol. The highest BCUT2D eigenvalue weighted by molar-refractivity contribution is 5.73. The second-order valence-corrected chi connectivity index (χ2v) is 2.56. The molecule has 1 aromatic rings. The number of hydrogen-bond donors (Lipinski definition) is 2. The zero-order valence-corrected chi connectivity index (χ0v) is 7.34. The highest BCUT2D eigenvalue weighted by Gasteiger charge is 2.06. The second-order valence-electron chi connectivity index (χ2n) is 2.56. The Balaban J connectivity index is 3.10. The van der Waals surface area contributed by atoms with Crippen LogP contribution in [0, 0.1) is 24.7 Å². The van der Waals surface area contributed by atoms with Gasteiger partial charge in [0.2, 0.25) is 0 Å². The fourth-order valence-electron chi connectivity index (χ4n) is 0.961. The molecule has 0 aliphatic rings. The molecule has 0 aliphatic carbocycles. The average molecular weight is 189 g/mol. The van der Waals surface area contributed by atoms with Crippen molar-refractivity contribution in [2.24, 2.45) is 0 Å². The lowest BCUT2D eigenvalue weighted by Gasteiger charge is -2.07. The molecule has 0 spiro atoms. The van der Waals surface area contributed by atoms with Crippen LogP contribution in [0.15, 0.2) is 12.1 Å². The Morgan fingerprint density at radius 1 is 1.64 bits per heavy atom. The normalized spacial score (nSPS) is 8.79. The third kappa shape index (κ3) is 1.94. The minimum atomic E-state index is -0.613. The molecule has 3 nitrogen and oxygen atoms in total. The van der Waals surface area contributed by atoms with Crippen LogP contribution in [0.2, 0.25) is 0 Å². The average Bonchev–Trinajstić information content (AvgIpc) is 2.20. The summed E-state index contributed by atoms with van der Waals surface area (Å²) in [5, 5.41) is 2.73. The van der Waals surface area contributed by atoms with Crippen LogP contribution in [-0.2, 0) is 0 Å². The predicted molar refractivity (Wildman–Crippen MR) is 54.4 cm³/mol. The fraction of sp³-hybridized carbons (Fsp3) is 0.100. The van der Waals surface area contributed by atoms with Crippen molar-refractivity contribution >= 4 is 17.1 Å². The van der Waals surface area contributed by atoms with E-state index in [-0.39, 0.29) is 17.9 Å². The molecule has 0 saturated carbocycles. The van der Waals surface area contributed by atoms with Gasteiger partial charge in [0.15, 0.2) is 5.69 Å². The van der Waals surface area contributed by atoms with Crippen molar-refractivity contribution in [3.05, 3.63) is 29.4 Å². The van der Waals surface area contributed by atoms with Crippen LogP contribution in [0.4, 0.5) is 21.5 Å². The van der Waals surface area contributed by atoms with Gasteiger partial charge in [-0.05, 0) is 12.1 Å². The zero-order chi connectivity index (χ0) is 10.6. The van der Waals surface area contributed by atoms with Gasteiger partial charge in [0.25, 0.3) is 0 Å². The first kappa shape index (κ1) is 9.88. The van der Waals surface area contributed by atoms with Crippen molar-refractivity contribution in [3.63, 3.8) is 0 Å². The smallest absolute Gasteiger partial charge is 0.192 e. The molecule has 0 bridgehead atoms. The Kier molecular flexibility index (Phi) is 2.93. The standard InChI is InChI=1S/C10H8FN3/c1-3-4-14-9-6-7(13-2)5-8(11)10(9)12/h1,5-6,14H,4,12H2. The molecule has 1 aromatic carbocycles. The molecular weight excluding hydrogens is 181 g/mol. The maximum atomic E-state index is 13.1. The molecule has 3 N–H and O–H groups in total. The van der Waals surface area contributed by atoms with Gasteiger partial charge in [-0.15, -0.1) is 6.42 Å². The van der Waals surface area contributed by atoms with E-state index in [0.29, 0.717) is 5.69 Å². The van der Waals surface area contributed by atoms with Gasteiger partial charge in [-0.2, -0.15) is 0 Å². The summed E-state index contributed by atoms with van der Waals surface area (Å²) in [5.74, 6) is 1.72. The van der Waals surface area contributed by atoms with E-state index in [1.807, 2.05) is 0 Å². The van der Waals surface area contributed by atoms with Crippen LogP contribution in [0.25, 0.3) is 4.85 Å². The topological polar surface area (TPSA) is 42.4 Å². The van der Waals surface area contributed by atoms with E-state index < -0.39 is 5.82 Å². The highest BCUT2D eigenvalue weighted by Crippen LogP contribution is 2.27. The van der Waals surface area contributed by atoms with Crippen LogP contribution in [0.1, 0.15) is 0 Å². The number of rotatable bonds is 2. The van der Waals surface area contributed by atoms with Crippen molar-refractivity contribution in [2.45, 2.75) is 0 Å². The van der Waals surface area contributed by atoms with Crippen LogP contribution in [-0.4, -0.2) is 6.54 Å². The molecule has 0 aliphatic heterocycles. The molecule has 0 saturated heterocycles. The molecule has 0 atom stereocenters. The van der Waals surface area contributed by atoms with Crippen molar-refractivity contribution in [1.29, 1.82) is 0 Å². The van der Waals surface area contributed by atoms with Crippen molar-refractivity contribution < 1.29 is 4.39 Å². The summed E-state index contributed by atoms with van der Waals surface area (Å²) in [6.45, 7) is 6.98. The Morgan fingerprint density at radius 3 is 2.93 bits per heavy atom. The Morgan fingerprint density at radius 2 is 2.36 bits per heavy atom. The largest absolute Gasteiger partial charge is 0.395 e. The third-order valence-electron chi connectivity index (χ3n) is 1.62. The molecule has 70 valence electrons. The van der Waals surface area contributed by atoms with Gasteiger partial charge >= 0.3 is 0 Å². The van der Waals surface area contributed by atoms with Crippen LogP contribution < -0.4 is 11.1 Å². The molecule has 0 heterocycles. The van der Waals surface area contributed by atoms with Gasteiger partial charge in [0.05, 0.1) is 24.5 Å². The Labute approximate surface area is 81.5 Å². The van der Waals surface area contributed by atoms with Gasteiger partial charge in [-0.3, -0.25) is 0 Å². The van der Waals surface area contributed by atoms with Crippen molar-refractivity contribution in [2.75, 3.05) is 17.6 Å². The van der Waals surface area contributed by atoms with Gasteiger partial charge < -0.3 is 11.1 Å². The van der Waals surface area contributed by atoms with Crippen LogP contribution >= 0.6 is 0 Å². The lowest BCUT2D eigenvalue weighted by molar-refractivity contribution is 0.633. The zero-order valence-electron chi connectivity index (χ0n) is 7.34. The fourth-order valence-corrected chi connectivity index (χ4v) is 0.961. The molecule has 1 rings (SSSR count). The lowest BCUT2D eigenvalue weighted by atomic mass is 10.2. The number of nitrogen functional groups attached to an aromatic ring is 1. The Bertz CT molecular complexity index is 426. The van der Waals surface area contributed by atoms with E-state index >= 15 is 0 Å². The molecule has 0 radical (unpaired) electrons. The number of benzene rings is 1. The van der Waals surface area contributed by atoms with Gasteiger partial charge in [-0.25, -0.2) is 9.24 Å². The first-order valence-corrected chi connectivity index (χ1v) is 3.83. The van der Waals surface area contributed by atoms with Gasteiger partial charge in [0.1, 0.15) is 5.82 Å². The molecule has 0 unspecified atom stereocenters. The van der Waals surface area contributed by atoms with Gasteiger partial charge in [0, 0.05) is 0 Å². The number of nitrogens with one attached hydrogen (secondary N) is 1. The summed E-state index contributed by atoms with van der Waals surface area (Å²) >= 11 is 0. The maximum Gasteiger partial charge on any atom is 0.192 e. The lowest BCUT2D eigenvalue weighted by Crippen LogP contribution is -2.03. The summed E-state index contributed by atoms with van der Waals surface area (Å²) in [4.78, 5) is 3.10. The number of anilines is 2. The quantitative estimate of drug-likeness (QED) is 0.424. The minimum Gasteiger partial charge on any atom is -0.395 e. The maximum absolute atomic E-state index is 13.1. The van der Waals surface area contributed by atoms with Crippen LogP contribution in [0.5, 0.6) is 0 Å². The summed E-state index contributed by atoms with van der Waals surface area (Å²) in [6, 6.07) is 2.55. The summed E-state index contributed by atoms with van der Waals surface area (Å²) in [5.41, 5.74) is 5.96. The minimum absolute atomic E-state index is 0.0207. The molecule has 14 heavy (non-hydrogen) atoms. The van der Waals surface area contributed by atoms with Crippen LogP contribution in [0.3, 0.4) is 0 Å². The van der Waals surface area contributed by atoms with E-state index in [2.05, 4.69) is 16.1 Å². The summed E-state index contributed by atoms with van der Waals surface area (Å²) in [6.07, 6.45) is 5.03.